The molecule has 1 aliphatic rings. The number of rotatable bonds is 9. The lowest BCUT2D eigenvalue weighted by atomic mass is 9.94. The van der Waals surface area contributed by atoms with Crippen LogP contribution in [-0.2, 0) is 14.4 Å². The Morgan fingerprint density at radius 1 is 1.25 bits per heavy atom. The van der Waals surface area contributed by atoms with Crippen LogP contribution in [0.2, 0.25) is 0 Å². The predicted octanol–water partition coefficient (Wildman–Crippen LogP) is 0.192. The lowest BCUT2D eigenvalue weighted by Gasteiger charge is -2.20. The van der Waals surface area contributed by atoms with E-state index in [1.54, 1.807) is 7.11 Å². The lowest BCUT2D eigenvalue weighted by Crippen LogP contribution is -2.47. The van der Waals surface area contributed by atoms with Gasteiger partial charge in [0.1, 0.15) is 11.8 Å². The predicted molar refractivity (Wildman–Crippen MR) is 102 cm³/mol. The summed E-state index contributed by atoms with van der Waals surface area (Å²) in [5.41, 5.74) is 6.95. The average Bonchev–Trinajstić information content (AvgIpc) is 3.15. The number of carbonyl (C=O) groups excluding carboxylic acids is 2. The molecule has 154 valence electrons. The van der Waals surface area contributed by atoms with Crippen molar-refractivity contribution in [2.45, 2.75) is 32.4 Å². The normalized spacial score (nSPS) is 19.9. The molecule has 2 unspecified atom stereocenters. The van der Waals surface area contributed by atoms with Gasteiger partial charge in [0.25, 0.3) is 0 Å². The second-order valence-corrected chi connectivity index (χ2v) is 7.19. The molecule has 1 aromatic rings. The zero-order chi connectivity index (χ0) is 20.7. The quantitative estimate of drug-likeness (QED) is 0.406. The van der Waals surface area contributed by atoms with E-state index in [1.807, 2.05) is 38.1 Å². The van der Waals surface area contributed by atoms with E-state index in [9.17, 15) is 19.5 Å². The van der Waals surface area contributed by atoms with E-state index in [0.717, 1.165) is 11.3 Å². The fourth-order valence-corrected chi connectivity index (χ4v) is 3.10. The van der Waals surface area contributed by atoms with Crippen LogP contribution in [0.15, 0.2) is 24.3 Å². The van der Waals surface area contributed by atoms with Gasteiger partial charge in [0.2, 0.25) is 11.8 Å². The van der Waals surface area contributed by atoms with Crippen molar-refractivity contribution in [3.05, 3.63) is 29.8 Å². The maximum Gasteiger partial charge on any atom is 0.326 e. The van der Waals surface area contributed by atoms with E-state index in [4.69, 9.17) is 4.74 Å². The number of hydrogen-bond acceptors (Lipinski definition) is 6. The molecule has 5 N–H and O–H groups in total. The van der Waals surface area contributed by atoms with Crippen molar-refractivity contribution in [3.8, 4) is 5.75 Å². The number of carboxylic acid groups (broad SMARTS) is 1. The van der Waals surface area contributed by atoms with E-state index in [1.165, 1.54) is 0 Å². The SMILES string of the molecule is COc1ccc(C2NNCC2C(=O)NCC(=O)N[C@@H](CC(C)C)C(=O)O)cc1. The number of carbonyl (C=O) groups is 3. The first-order valence-electron chi connectivity index (χ1n) is 9.24. The van der Waals surface area contributed by atoms with Gasteiger partial charge in [0.05, 0.1) is 25.6 Å². The number of aliphatic carboxylic acids is 1. The highest BCUT2D eigenvalue weighted by molar-refractivity contribution is 5.89. The number of ether oxygens (including phenoxy) is 1. The zero-order valence-electron chi connectivity index (χ0n) is 16.3. The molecule has 28 heavy (non-hydrogen) atoms. The number of methoxy groups -OCH3 is 1. The topological polar surface area (TPSA) is 129 Å². The van der Waals surface area contributed by atoms with Crippen LogP contribution in [-0.4, -0.2) is 49.1 Å². The van der Waals surface area contributed by atoms with Gasteiger partial charge in [-0.05, 0) is 30.0 Å². The van der Waals surface area contributed by atoms with E-state index >= 15 is 0 Å². The van der Waals surface area contributed by atoms with Gasteiger partial charge in [-0.3, -0.25) is 15.0 Å². The van der Waals surface area contributed by atoms with Crippen LogP contribution in [0.3, 0.4) is 0 Å². The molecule has 9 heteroatoms. The van der Waals surface area contributed by atoms with Crippen LogP contribution in [0.1, 0.15) is 31.9 Å². The molecule has 1 saturated heterocycles. The minimum absolute atomic E-state index is 0.122. The molecular formula is C19H28N4O5. The Balaban J connectivity index is 1.90. The summed E-state index contributed by atoms with van der Waals surface area (Å²) in [7, 11) is 1.59. The summed E-state index contributed by atoms with van der Waals surface area (Å²) >= 11 is 0. The van der Waals surface area contributed by atoms with Crippen LogP contribution in [0.25, 0.3) is 0 Å². The van der Waals surface area contributed by atoms with E-state index in [-0.39, 0.29) is 24.4 Å². The summed E-state index contributed by atoms with van der Waals surface area (Å²) in [6.45, 7) is 3.90. The van der Waals surface area contributed by atoms with Gasteiger partial charge in [-0.15, -0.1) is 0 Å². The Kier molecular flexibility index (Phi) is 7.77. The van der Waals surface area contributed by atoms with Crippen molar-refractivity contribution in [2.75, 3.05) is 20.2 Å². The van der Waals surface area contributed by atoms with Gasteiger partial charge >= 0.3 is 5.97 Å². The minimum atomic E-state index is -1.09. The highest BCUT2D eigenvalue weighted by Crippen LogP contribution is 2.26. The van der Waals surface area contributed by atoms with Crippen molar-refractivity contribution >= 4 is 17.8 Å². The van der Waals surface area contributed by atoms with Crippen molar-refractivity contribution in [2.24, 2.45) is 11.8 Å². The van der Waals surface area contributed by atoms with Gasteiger partial charge in [-0.25, -0.2) is 10.2 Å². The standard InChI is InChI=1S/C19H28N4O5/c1-11(2)8-15(19(26)27)22-16(24)10-20-18(25)14-9-21-23-17(14)12-4-6-13(28-3)7-5-12/h4-7,11,14-15,17,21,23H,8-10H2,1-3H3,(H,20,25)(H,22,24)(H,26,27)/t14?,15-,17?/m0/s1. The molecular weight excluding hydrogens is 364 g/mol. The van der Waals surface area contributed by atoms with Crippen LogP contribution >= 0.6 is 0 Å². The second kappa shape index (κ2) is 10.0. The van der Waals surface area contributed by atoms with Gasteiger partial charge in [0.15, 0.2) is 0 Å². The maximum absolute atomic E-state index is 12.5. The molecule has 0 radical (unpaired) electrons. The highest BCUT2D eigenvalue weighted by atomic mass is 16.5. The molecule has 0 saturated carbocycles. The number of carboxylic acids is 1. The third-order valence-electron chi connectivity index (χ3n) is 4.56. The molecule has 0 aromatic heterocycles. The molecule has 1 fully saturated rings. The first kappa shape index (κ1) is 21.6. The van der Waals surface area contributed by atoms with Crippen LogP contribution in [0, 0.1) is 11.8 Å². The van der Waals surface area contributed by atoms with E-state index < -0.39 is 23.8 Å². The summed E-state index contributed by atoms with van der Waals surface area (Å²) in [6, 6.07) is 6.17. The van der Waals surface area contributed by atoms with Gasteiger partial charge < -0.3 is 20.5 Å². The first-order valence-corrected chi connectivity index (χ1v) is 9.24. The number of hydrogen-bond donors (Lipinski definition) is 5. The minimum Gasteiger partial charge on any atom is -0.497 e. The highest BCUT2D eigenvalue weighted by Gasteiger charge is 2.34. The molecule has 2 rings (SSSR count). The Morgan fingerprint density at radius 2 is 1.93 bits per heavy atom. The van der Waals surface area contributed by atoms with Gasteiger partial charge in [-0.1, -0.05) is 26.0 Å². The summed E-state index contributed by atoms with van der Waals surface area (Å²) in [5, 5.41) is 14.2. The summed E-state index contributed by atoms with van der Waals surface area (Å²) in [4.78, 5) is 35.8. The maximum atomic E-state index is 12.5. The third kappa shape index (κ3) is 5.93. The van der Waals surface area contributed by atoms with Crippen molar-refractivity contribution in [1.29, 1.82) is 0 Å². The van der Waals surface area contributed by atoms with Crippen molar-refractivity contribution in [1.82, 2.24) is 21.5 Å². The summed E-state index contributed by atoms with van der Waals surface area (Å²) in [6.07, 6.45) is 0.324. The van der Waals surface area contributed by atoms with Crippen LogP contribution in [0.4, 0.5) is 0 Å². The fourth-order valence-electron chi connectivity index (χ4n) is 3.10. The largest absolute Gasteiger partial charge is 0.497 e. The summed E-state index contributed by atoms with van der Waals surface area (Å²) in [5.74, 6) is -1.46. The molecule has 0 spiro atoms. The molecule has 9 nitrogen and oxygen atoms in total. The summed E-state index contributed by atoms with van der Waals surface area (Å²) < 4.78 is 5.14. The molecule has 2 amide bonds. The molecule has 1 aliphatic heterocycles. The molecule has 1 heterocycles. The Labute approximate surface area is 164 Å². The first-order chi connectivity index (χ1) is 13.3. The average molecular weight is 392 g/mol. The number of amides is 2. The Bertz CT molecular complexity index is 692. The van der Waals surface area contributed by atoms with Crippen LogP contribution in [0.5, 0.6) is 5.75 Å². The number of benzene rings is 1. The number of hydrazine groups is 1. The fraction of sp³-hybridized carbons (Fsp3) is 0.526. The Hall–Kier alpha value is -2.65. The van der Waals surface area contributed by atoms with E-state index in [0.29, 0.717) is 13.0 Å². The van der Waals surface area contributed by atoms with E-state index in [2.05, 4.69) is 21.5 Å². The van der Waals surface area contributed by atoms with Gasteiger partial charge in [0, 0.05) is 6.54 Å². The monoisotopic (exact) mass is 392 g/mol. The zero-order valence-corrected chi connectivity index (χ0v) is 16.3. The number of nitrogens with one attached hydrogen (secondary N) is 4. The molecule has 0 bridgehead atoms. The third-order valence-corrected chi connectivity index (χ3v) is 4.56. The molecule has 0 aliphatic carbocycles. The smallest absolute Gasteiger partial charge is 0.326 e. The Morgan fingerprint density at radius 3 is 2.50 bits per heavy atom. The lowest BCUT2D eigenvalue weighted by molar-refractivity contribution is -0.142. The molecule has 1 aromatic carbocycles. The second-order valence-electron chi connectivity index (χ2n) is 7.19. The van der Waals surface area contributed by atoms with Crippen LogP contribution < -0.4 is 26.2 Å². The van der Waals surface area contributed by atoms with Crippen molar-refractivity contribution in [3.63, 3.8) is 0 Å². The van der Waals surface area contributed by atoms with Crippen molar-refractivity contribution < 1.29 is 24.2 Å². The molecule has 3 atom stereocenters. The van der Waals surface area contributed by atoms with Gasteiger partial charge in [-0.2, -0.15) is 0 Å².